The van der Waals surface area contributed by atoms with E-state index in [2.05, 4.69) is 10.1 Å². The number of amides is 1. The predicted molar refractivity (Wildman–Crippen MR) is 139 cm³/mol. The quantitative estimate of drug-likeness (QED) is 0.357. The van der Waals surface area contributed by atoms with Gasteiger partial charge in [0.2, 0.25) is 5.17 Å². The molecule has 1 atom stereocenters. The fourth-order valence-electron chi connectivity index (χ4n) is 3.95. The Kier molecular flexibility index (Phi) is 8.66. The molecular weight excluding hydrogens is 545 g/mol. The zero-order valence-corrected chi connectivity index (χ0v) is 22.1. The molecule has 38 heavy (non-hydrogen) atoms. The summed E-state index contributed by atoms with van der Waals surface area (Å²) in [6.07, 6.45) is -1.54. The maximum absolute atomic E-state index is 13.5. The average Bonchev–Trinajstić information content (AvgIpc) is 3.40. The van der Waals surface area contributed by atoms with Gasteiger partial charge in [0, 0.05) is 37.7 Å². The standard InChI is InChI=1S/C25H24ClF3N4O4S/c1-36-9-7-32(8-10-37-2)24-31-23(34)22(38(24)35)12-16-3-6-21-18(11-16)14-30-33(21)15-17-4-5-19(26)13-20(17)25(27,28)29/h3-6,11-14H,7-10,15H2,1-2H3. The molecule has 0 radical (unpaired) electrons. The minimum Gasteiger partial charge on any atom is -0.383 e. The van der Waals surface area contributed by atoms with Crippen LogP contribution >= 0.6 is 11.6 Å². The molecule has 0 saturated heterocycles. The molecule has 1 aromatic heterocycles. The van der Waals surface area contributed by atoms with Crippen molar-refractivity contribution in [1.29, 1.82) is 0 Å². The molecular formula is C25H24ClF3N4O4S. The van der Waals surface area contributed by atoms with Crippen molar-refractivity contribution < 1.29 is 31.6 Å². The van der Waals surface area contributed by atoms with Crippen LogP contribution in [0.2, 0.25) is 5.02 Å². The molecule has 202 valence electrons. The van der Waals surface area contributed by atoms with E-state index in [-0.39, 0.29) is 27.2 Å². The predicted octanol–water partition coefficient (Wildman–Crippen LogP) is 4.34. The Morgan fingerprint density at radius 1 is 1.11 bits per heavy atom. The van der Waals surface area contributed by atoms with E-state index in [9.17, 15) is 22.2 Å². The molecule has 1 aliphatic heterocycles. The number of ether oxygens (including phenoxy) is 2. The van der Waals surface area contributed by atoms with Crippen LogP contribution in [0.1, 0.15) is 16.7 Å². The number of alkyl halides is 3. The second-order valence-corrected chi connectivity index (χ2v) is 10.1. The summed E-state index contributed by atoms with van der Waals surface area (Å²) in [5.41, 5.74) is 0.378. The molecule has 1 unspecified atom stereocenters. The first-order valence-corrected chi connectivity index (χ1v) is 13.0. The van der Waals surface area contributed by atoms with E-state index in [1.54, 1.807) is 37.3 Å². The summed E-state index contributed by atoms with van der Waals surface area (Å²) in [5.74, 6) is -0.601. The largest absolute Gasteiger partial charge is 0.416 e. The summed E-state index contributed by atoms with van der Waals surface area (Å²) in [6.45, 7) is 1.37. The highest BCUT2D eigenvalue weighted by atomic mass is 35.5. The first-order chi connectivity index (χ1) is 18.1. The zero-order valence-electron chi connectivity index (χ0n) is 20.5. The molecule has 2 aromatic carbocycles. The Morgan fingerprint density at radius 2 is 1.82 bits per heavy atom. The number of methoxy groups -OCH3 is 2. The third kappa shape index (κ3) is 6.15. The number of aromatic nitrogens is 2. The lowest BCUT2D eigenvalue weighted by molar-refractivity contribution is -0.138. The Balaban J connectivity index is 1.58. The van der Waals surface area contributed by atoms with E-state index in [4.69, 9.17) is 21.1 Å². The highest BCUT2D eigenvalue weighted by Gasteiger charge is 2.34. The molecule has 0 saturated carbocycles. The van der Waals surface area contributed by atoms with Crippen molar-refractivity contribution in [1.82, 2.24) is 14.7 Å². The molecule has 0 N–H and O–H groups in total. The number of rotatable bonds is 9. The lowest BCUT2D eigenvalue weighted by Crippen LogP contribution is -2.37. The lowest BCUT2D eigenvalue weighted by Gasteiger charge is -2.22. The summed E-state index contributed by atoms with van der Waals surface area (Å²) in [5, 5.41) is 5.03. The summed E-state index contributed by atoms with van der Waals surface area (Å²) < 4.78 is 65.3. The Hall–Kier alpha value is -3.06. The van der Waals surface area contributed by atoms with Gasteiger partial charge in [-0.3, -0.25) is 9.48 Å². The van der Waals surface area contributed by atoms with Crippen LogP contribution < -0.4 is 0 Å². The topological polar surface area (TPSA) is 86.0 Å². The van der Waals surface area contributed by atoms with E-state index in [0.29, 0.717) is 42.8 Å². The number of halogens is 4. The van der Waals surface area contributed by atoms with Crippen molar-refractivity contribution >= 4 is 50.5 Å². The average molecular weight is 569 g/mol. The number of nitrogens with zero attached hydrogens (tertiary/aromatic N) is 4. The fraction of sp³-hybridized carbons (Fsp3) is 0.320. The van der Waals surface area contributed by atoms with Crippen molar-refractivity contribution in [3.8, 4) is 0 Å². The van der Waals surface area contributed by atoms with Crippen molar-refractivity contribution in [2.45, 2.75) is 12.7 Å². The molecule has 8 nitrogen and oxygen atoms in total. The first-order valence-electron chi connectivity index (χ1n) is 11.4. The normalized spacial score (nSPS) is 17.0. The molecule has 1 amide bonds. The minimum atomic E-state index is -4.56. The maximum atomic E-state index is 13.5. The van der Waals surface area contributed by atoms with Gasteiger partial charge in [-0.1, -0.05) is 23.7 Å². The molecule has 0 spiro atoms. The van der Waals surface area contributed by atoms with E-state index in [1.165, 1.54) is 29.1 Å². The highest BCUT2D eigenvalue weighted by molar-refractivity contribution is 8.05. The number of hydrogen-bond acceptors (Lipinski definition) is 6. The van der Waals surface area contributed by atoms with Gasteiger partial charge in [-0.2, -0.15) is 23.3 Å². The first kappa shape index (κ1) is 28.0. The van der Waals surface area contributed by atoms with Gasteiger partial charge in [-0.15, -0.1) is 0 Å². The van der Waals surface area contributed by atoms with E-state index < -0.39 is 28.4 Å². The Labute approximate surface area is 224 Å². The zero-order chi connectivity index (χ0) is 27.4. The summed E-state index contributed by atoms with van der Waals surface area (Å²) in [6, 6.07) is 8.71. The summed E-state index contributed by atoms with van der Waals surface area (Å²) in [7, 11) is 1.29. The molecule has 4 rings (SSSR count). The maximum Gasteiger partial charge on any atom is 0.416 e. The van der Waals surface area contributed by atoms with Crippen LogP contribution in [0, 0.1) is 0 Å². The van der Waals surface area contributed by atoms with E-state index in [1.807, 2.05) is 0 Å². The third-order valence-corrected chi connectivity index (χ3v) is 7.44. The third-order valence-electron chi connectivity index (χ3n) is 5.84. The van der Waals surface area contributed by atoms with Crippen molar-refractivity contribution in [2.24, 2.45) is 4.99 Å². The van der Waals surface area contributed by atoms with Gasteiger partial charge in [-0.05, 0) is 41.5 Å². The monoisotopic (exact) mass is 568 g/mol. The van der Waals surface area contributed by atoms with Gasteiger partial charge in [0.15, 0.2) is 0 Å². The van der Waals surface area contributed by atoms with Crippen LogP contribution in [-0.4, -0.2) is 70.5 Å². The number of benzene rings is 2. The van der Waals surface area contributed by atoms with Crippen LogP contribution in [0.15, 0.2) is 52.5 Å². The van der Waals surface area contributed by atoms with E-state index >= 15 is 0 Å². The van der Waals surface area contributed by atoms with Crippen molar-refractivity contribution in [2.75, 3.05) is 40.5 Å². The Morgan fingerprint density at radius 3 is 2.47 bits per heavy atom. The molecule has 3 aromatic rings. The molecule has 13 heteroatoms. The number of carbonyl (C=O) groups excluding carboxylic acids is 1. The van der Waals surface area contributed by atoms with Gasteiger partial charge in [0.05, 0.1) is 37.0 Å². The van der Waals surface area contributed by atoms with Crippen molar-refractivity contribution in [3.63, 3.8) is 0 Å². The number of amidine groups is 1. The fourth-order valence-corrected chi connectivity index (χ4v) is 5.35. The van der Waals surface area contributed by atoms with Gasteiger partial charge in [-0.25, -0.2) is 4.21 Å². The van der Waals surface area contributed by atoms with Crippen LogP contribution in [0.4, 0.5) is 13.2 Å². The van der Waals surface area contributed by atoms with Gasteiger partial charge >= 0.3 is 6.18 Å². The van der Waals surface area contributed by atoms with Gasteiger partial charge in [0.25, 0.3) is 5.91 Å². The second-order valence-electron chi connectivity index (χ2n) is 8.37. The van der Waals surface area contributed by atoms with E-state index in [0.717, 1.165) is 6.07 Å². The minimum absolute atomic E-state index is 0.00410. The Bertz CT molecular complexity index is 1430. The second kappa shape index (κ2) is 11.8. The lowest BCUT2D eigenvalue weighted by atomic mass is 10.1. The SMILES string of the molecule is COCCN(CCOC)C1=NC(=O)C(=Cc2ccc3c(cnn3Cc3ccc(Cl)cc3C(F)(F)F)c2)S1=O. The molecule has 1 aliphatic rings. The summed E-state index contributed by atoms with van der Waals surface area (Å²) >= 11 is 5.78. The van der Waals surface area contributed by atoms with Crippen LogP contribution in [0.5, 0.6) is 0 Å². The van der Waals surface area contributed by atoms with Crippen LogP contribution in [0.25, 0.3) is 17.0 Å². The van der Waals surface area contributed by atoms with Crippen molar-refractivity contribution in [3.05, 3.63) is 69.2 Å². The summed E-state index contributed by atoms with van der Waals surface area (Å²) in [4.78, 5) is 18.3. The number of aliphatic imine (C=N–C) groups is 1. The van der Waals surface area contributed by atoms with Crippen LogP contribution in [-0.2, 0) is 37.8 Å². The number of fused-ring (bicyclic) bond motifs is 1. The molecule has 0 fully saturated rings. The van der Waals surface area contributed by atoms with Crippen LogP contribution in [0.3, 0.4) is 0 Å². The smallest absolute Gasteiger partial charge is 0.383 e. The number of hydrogen-bond donors (Lipinski definition) is 0. The molecule has 0 aliphatic carbocycles. The van der Waals surface area contributed by atoms with Gasteiger partial charge < -0.3 is 14.4 Å². The molecule has 0 bridgehead atoms. The van der Waals surface area contributed by atoms with Gasteiger partial charge in [0.1, 0.15) is 15.7 Å². The number of carbonyl (C=O) groups is 1. The molecule has 2 heterocycles. The highest BCUT2D eigenvalue weighted by Crippen LogP contribution is 2.34.